The van der Waals surface area contributed by atoms with Gasteiger partial charge in [0.25, 0.3) is 0 Å². The minimum Gasteiger partial charge on any atom is -0.456 e. The van der Waals surface area contributed by atoms with Crippen molar-refractivity contribution in [1.29, 1.82) is 0 Å². The first-order valence-electron chi connectivity index (χ1n) is 5.02. The molecule has 0 unspecified atom stereocenters. The van der Waals surface area contributed by atoms with Gasteiger partial charge in [-0.05, 0) is 34.1 Å². The molecule has 0 spiro atoms. The zero-order chi connectivity index (χ0) is 12.3. The highest BCUT2D eigenvalue weighted by molar-refractivity contribution is 9.10. The summed E-state index contributed by atoms with van der Waals surface area (Å²) >= 11 is 3.28. The predicted octanol–water partition coefficient (Wildman–Crippen LogP) is 3.87. The van der Waals surface area contributed by atoms with E-state index in [9.17, 15) is 4.39 Å². The number of halogens is 2. The van der Waals surface area contributed by atoms with E-state index < -0.39 is 0 Å². The lowest BCUT2D eigenvalue weighted by Gasteiger charge is -2.10. The van der Waals surface area contributed by atoms with Gasteiger partial charge in [0.2, 0.25) is 0 Å². The van der Waals surface area contributed by atoms with E-state index in [-0.39, 0.29) is 12.4 Å². The zero-order valence-electron chi connectivity index (χ0n) is 8.86. The Morgan fingerprint density at radius 3 is 2.65 bits per heavy atom. The van der Waals surface area contributed by atoms with Crippen LogP contribution in [0.15, 0.2) is 46.9 Å². The molecule has 0 aliphatic carbocycles. The van der Waals surface area contributed by atoms with Crippen LogP contribution in [0.25, 0.3) is 0 Å². The maximum Gasteiger partial charge on any atom is 0.144 e. The summed E-state index contributed by atoms with van der Waals surface area (Å²) in [5.41, 5.74) is 0.656. The van der Waals surface area contributed by atoms with Crippen LogP contribution in [0.5, 0.6) is 11.5 Å². The highest BCUT2D eigenvalue weighted by Crippen LogP contribution is 2.31. The first kappa shape index (κ1) is 12.1. The highest BCUT2D eigenvalue weighted by Gasteiger charge is 2.07. The Labute approximate surface area is 107 Å². The largest absolute Gasteiger partial charge is 0.456 e. The molecule has 88 valence electrons. The molecule has 0 bridgehead atoms. The van der Waals surface area contributed by atoms with Crippen molar-refractivity contribution in [2.24, 2.45) is 0 Å². The second kappa shape index (κ2) is 5.29. The second-order valence-corrected chi connectivity index (χ2v) is 4.30. The monoisotopic (exact) mass is 296 g/mol. The maximum atomic E-state index is 13.1. The summed E-state index contributed by atoms with van der Waals surface area (Å²) in [6.07, 6.45) is 0. The van der Waals surface area contributed by atoms with Crippen LogP contribution in [0.3, 0.4) is 0 Å². The van der Waals surface area contributed by atoms with Crippen LogP contribution in [0.1, 0.15) is 5.56 Å². The maximum absolute atomic E-state index is 13.1. The van der Waals surface area contributed by atoms with E-state index in [0.717, 1.165) is 0 Å². The minimum absolute atomic E-state index is 0.122. The van der Waals surface area contributed by atoms with Crippen LogP contribution < -0.4 is 4.74 Å². The normalized spacial score (nSPS) is 10.3. The Balaban J connectivity index is 2.34. The molecule has 2 aromatic rings. The van der Waals surface area contributed by atoms with E-state index in [0.29, 0.717) is 21.5 Å². The number of aliphatic hydroxyl groups is 1. The Bertz CT molecular complexity index is 529. The van der Waals surface area contributed by atoms with E-state index in [1.54, 1.807) is 30.3 Å². The third-order valence-electron chi connectivity index (χ3n) is 2.26. The van der Waals surface area contributed by atoms with E-state index in [1.807, 2.05) is 0 Å². The lowest BCUT2D eigenvalue weighted by atomic mass is 10.2. The van der Waals surface area contributed by atoms with Gasteiger partial charge in [-0.3, -0.25) is 0 Å². The molecule has 0 amide bonds. The van der Waals surface area contributed by atoms with E-state index >= 15 is 0 Å². The molecule has 2 aromatic carbocycles. The van der Waals surface area contributed by atoms with Crippen LogP contribution in [-0.4, -0.2) is 5.11 Å². The standard InChI is InChI=1S/C13H10BrFO2/c14-11-6-5-10(15)7-13(11)17-12-4-2-1-3-9(12)8-16/h1-7,16H,8H2. The predicted molar refractivity (Wildman–Crippen MR) is 66.5 cm³/mol. The molecule has 2 nitrogen and oxygen atoms in total. The molecule has 0 saturated carbocycles. The van der Waals surface area contributed by atoms with Crippen LogP contribution in [0.2, 0.25) is 0 Å². The first-order valence-corrected chi connectivity index (χ1v) is 5.81. The molecule has 0 atom stereocenters. The minimum atomic E-state index is -0.371. The fourth-order valence-electron chi connectivity index (χ4n) is 1.41. The van der Waals surface area contributed by atoms with Crippen LogP contribution in [0, 0.1) is 5.82 Å². The third-order valence-corrected chi connectivity index (χ3v) is 2.91. The molecule has 1 N–H and O–H groups in total. The van der Waals surface area contributed by atoms with E-state index in [1.165, 1.54) is 12.1 Å². The van der Waals surface area contributed by atoms with E-state index in [2.05, 4.69) is 15.9 Å². The summed E-state index contributed by atoms with van der Waals surface area (Å²) in [5, 5.41) is 9.15. The average molecular weight is 297 g/mol. The smallest absolute Gasteiger partial charge is 0.144 e. The van der Waals surface area contributed by atoms with Crippen LogP contribution in [0.4, 0.5) is 4.39 Å². The van der Waals surface area contributed by atoms with Gasteiger partial charge in [0.05, 0.1) is 11.1 Å². The Morgan fingerprint density at radius 2 is 1.88 bits per heavy atom. The summed E-state index contributed by atoms with van der Waals surface area (Å²) < 4.78 is 19.3. The number of hydrogen-bond donors (Lipinski definition) is 1. The van der Waals surface area contributed by atoms with Gasteiger partial charge in [-0.2, -0.15) is 0 Å². The zero-order valence-corrected chi connectivity index (χ0v) is 10.4. The number of ether oxygens (including phenoxy) is 1. The molecule has 0 aliphatic rings. The highest BCUT2D eigenvalue weighted by atomic mass is 79.9. The Kier molecular flexibility index (Phi) is 3.76. The Hall–Kier alpha value is -1.39. The van der Waals surface area contributed by atoms with Gasteiger partial charge in [-0.15, -0.1) is 0 Å². The number of para-hydroxylation sites is 1. The van der Waals surface area contributed by atoms with Crippen molar-refractivity contribution in [2.75, 3.05) is 0 Å². The van der Waals surface area contributed by atoms with Crippen molar-refractivity contribution in [3.05, 3.63) is 58.3 Å². The topological polar surface area (TPSA) is 29.5 Å². The first-order chi connectivity index (χ1) is 8.20. The lowest BCUT2D eigenvalue weighted by Crippen LogP contribution is -1.92. The molecule has 0 saturated heterocycles. The Morgan fingerprint density at radius 1 is 1.12 bits per heavy atom. The average Bonchev–Trinajstić information content (AvgIpc) is 2.34. The molecule has 2 rings (SSSR count). The summed E-state index contributed by atoms with van der Waals surface area (Å²) in [6, 6.07) is 11.3. The molecule has 17 heavy (non-hydrogen) atoms. The van der Waals surface area contributed by atoms with Gasteiger partial charge in [0.15, 0.2) is 0 Å². The third kappa shape index (κ3) is 2.84. The van der Waals surface area contributed by atoms with E-state index in [4.69, 9.17) is 9.84 Å². The van der Waals surface area contributed by atoms with Crippen molar-refractivity contribution in [3.63, 3.8) is 0 Å². The molecule has 0 radical (unpaired) electrons. The summed E-state index contributed by atoms with van der Waals surface area (Å²) in [5.74, 6) is 0.525. The van der Waals surface area contributed by atoms with Gasteiger partial charge < -0.3 is 9.84 Å². The molecule has 0 fully saturated rings. The van der Waals surface area contributed by atoms with Gasteiger partial charge in [-0.1, -0.05) is 18.2 Å². The summed E-state index contributed by atoms with van der Waals surface area (Å²) in [7, 11) is 0. The van der Waals surface area contributed by atoms with Crippen molar-refractivity contribution in [2.45, 2.75) is 6.61 Å². The molecule has 0 aromatic heterocycles. The van der Waals surface area contributed by atoms with Crippen LogP contribution in [-0.2, 0) is 6.61 Å². The van der Waals surface area contributed by atoms with Gasteiger partial charge in [-0.25, -0.2) is 4.39 Å². The second-order valence-electron chi connectivity index (χ2n) is 3.44. The number of hydrogen-bond acceptors (Lipinski definition) is 2. The number of aliphatic hydroxyl groups excluding tert-OH is 1. The lowest BCUT2D eigenvalue weighted by molar-refractivity contribution is 0.276. The van der Waals surface area contributed by atoms with Crippen molar-refractivity contribution in [3.8, 4) is 11.5 Å². The molecule has 0 aliphatic heterocycles. The van der Waals surface area contributed by atoms with Crippen molar-refractivity contribution in [1.82, 2.24) is 0 Å². The van der Waals surface area contributed by atoms with Crippen molar-refractivity contribution >= 4 is 15.9 Å². The van der Waals surface area contributed by atoms with Crippen LogP contribution >= 0.6 is 15.9 Å². The quantitative estimate of drug-likeness (QED) is 0.931. The SMILES string of the molecule is OCc1ccccc1Oc1cc(F)ccc1Br. The molecular weight excluding hydrogens is 287 g/mol. The van der Waals surface area contributed by atoms with Gasteiger partial charge in [0, 0.05) is 11.6 Å². The summed E-state index contributed by atoms with van der Waals surface area (Å²) in [6.45, 7) is -0.122. The molecule has 4 heteroatoms. The van der Waals surface area contributed by atoms with Crippen molar-refractivity contribution < 1.29 is 14.2 Å². The molecular formula is C13H10BrFO2. The fourth-order valence-corrected chi connectivity index (χ4v) is 1.74. The fraction of sp³-hybridized carbons (Fsp3) is 0.0769. The molecule has 0 heterocycles. The van der Waals surface area contributed by atoms with Gasteiger partial charge in [0.1, 0.15) is 17.3 Å². The number of benzene rings is 2. The summed E-state index contributed by atoms with van der Waals surface area (Å²) in [4.78, 5) is 0. The van der Waals surface area contributed by atoms with Gasteiger partial charge >= 0.3 is 0 Å². The number of rotatable bonds is 3.